The van der Waals surface area contributed by atoms with E-state index in [0.29, 0.717) is 24.2 Å². The zero-order valence-electron chi connectivity index (χ0n) is 20.1. The Bertz CT molecular complexity index is 1250. The first-order valence-electron chi connectivity index (χ1n) is 11.7. The van der Waals surface area contributed by atoms with Gasteiger partial charge in [0.2, 0.25) is 10.0 Å². The third-order valence-corrected chi connectivity index (χ3v) is 8.43. The number of pyridine rings is 1. The van der Waals surface area contributed by atoms with Crippen LogP contribution in [0.1, 0.15) is 28.8 Å². The van der Waals surface area contributed by atoms with Crippen LogP contribution >= 0.6 is 0 Å². The molecular formula is C26H31N3O5S. The third kappa shape index (κ3) is 5.70. The third-order valence-electron chi connectivity index (χ3n) is 6.44. The maximum atomic E-state index is 13.8. The molecule has 2 heterocycles. The van der Waals surface area contributed by atoms with E-state index in [1.165, 1.54) is 7.11 Å². The van der Waals surface area contributed by atoms with Crippen LogP contribution in [0.4, 0.5) is 0 Å². The van der Waals surface area contributed by atoms with Crippen molar-refractivity contribution in [2.75, 3.05) is 40.5 Å². The number of likely N-dealkylation sites (tertiary alicyclic amines) is 1. The number of nitrogens with zero attached hydrogens (tertiary/aromatic N) is 3. The van der Waals surface area contributed by atoms with Gasteiger partial charge in [-0.1, -0.05) is 30.3 Å². The number of para-hydroxylation sites is 1. The number of hydrogen-bond donors (Lipinski definition) is 0. The van der Waals surface area contributed by atoms with E-state index in [9.17, 15) is 13.2 Å². The van der Waals surface area contributed by atoms with Crippen molar-refractivity contribution in [3.05, 3.63) is 71.9 Å². The molecule has 0 amide bonds. The highest BCUT2D eigenvalue weighted by atomic mass is 32.2. The van der Waals surface area contributed by atoms with Crippen LogP contribution in [-0.2, 0) is 26.0 Å². The minimum Gasteiger partial charge on any atom is -0.465 e. The highest BCUT2D eigenvalue weighted by Crippen LogP contribution is 2.28. The summed E-state index contributed by atoms with van der Waals surface area (Å²) in [6.45, 7) is 2.91. The topological polar surface area (TPSA) is 89.0 Å². The molecule has 4 rings (SSSR count). The van der Waals surface area contributed by atoms with Gasteiger partial charge in [0.15, 0.2) is 0 Å². The molecule has 1 aliphatic rings. The van der Waals surface area contributed by atoms with Gasteiger partial charge in [0, 0.05) is 50.9 Å². The van der Waals surface area contributed by atoms with Gasteiger partial charge < -0.3 is 9.47 Å². The monoisotopic (exact) mass is 497 g/mol. The number of fused-ring (bicyclic) bond motifs is 1. The zero-order valence-corrected chi connectivity index (χ0v) is 20.9. The van der Waals surface area contributed by atoms with E-state index >= 15 is 0 Å². The smallest absolute Gasteiger partial charge is 0.337 e. The van der Waals surface area contributed by atoms with Crippen LogP contribution < -0.4 is 0 Å². The van der Waals surface area contributed by atoms with Crippen LogP contribution in [0.5, 0.6) is 0 Å². The molecule has 9 heteroatoms. The fourth-order valence-corrected chi connectivity index (χ4v) is 6.41. The molecule has 0 radical (unpaired) electrons. The molecule has 8 nitrogen and oxygen atoms in total. The summed E-state index contributed by atoms with van der Waals surface area (Å²) in [7, 11) is -0.813. The number of carbonyl (C=O) groups is 1. The van der Waals surface area contributed by atoms with E-state index in [1.807, 2.05) is 24.3 Å². The molecule has 0 N–H and O–H groups in total. The minimum atomic E-state index is -3.76. The number of benzene rings is 2. The fourth-order valence-electron chi connectivity index (χ4n) is 4.58. The largest absolute Gasteiger partial charge is 0.465 e. The molecule has 0 aliphatic carbocycles. The number of aromatic nitrogens is 1. The Kier molecular flexibility index (Phi) is 8.12. The summed E-state index contributed by atoms with van der Waals surface area (Å²) < 4.78 is 39.2. The van der Waals surface area contributed by atoms with Gasteiger partial charge in [0.25, 0.3) is 0 Å². The van der Waals surface area contributed by atoms with Gasteiger partial charge in [-0.2, -0.15) is 4.31 Å². The SMILES string of the molecule is COCCN(C1CCN(Cc2ccc(C(=O)OC)cc2)CC1)S(=O)(=O)c1cccc2cccnc12. The second kappa shape index (κ2) is 11.3. The normalized spacial score (nSPS) is 15.5. The quantitative estimate of drug-likeness (QED) is 0.419. The predicted octanol–water partition coefficient (Wildman–Crippen LogP) is 3.32. The highest BCUT2D eigenvalue weighted by molar-refractivity contribution is 7.89. The molecular weight excluding hydrogens is 466 g/mol. The van der Waals surface area contributed by atoms with Crippen LogP contribution in [-0.4, -0.2) is 75.1 Å². The summed E-state index contributed by atoms with van der Waals surface area (Å²) in [5.41, 5.74) is 2.11. The van der Waals surface area contributed by atoms with E-state index in [1.54, 1.807) is 47.9 Å². The van der Waals surface area contributed by atoms with Crippen molar-refractivity contribution >= 4 is 26.9 Å². The molecule has 186 valence electrons. The molecule has 35 heavy (non-hydrogen) atoms. The van der Waals surface area contributed by atoms with Crippen molar-refractivity contribution in [1.82, 2.24) is 14.2 Å². The molecule has 1 saturated heterocycles. The maximum absolute atomic E-state index is 13.8. The number of piperidine rings is 1. The highest BCUT2D eigenvalue weighted by Gasteiger charge is 2.34. The van der Waals surface area contributed by atoms with Gasteiger partial charge >= 0.3 is 5.97 Å². The molecule has 0 saturated carbocycles. The van der Waals surface area contributed by atoms with Gasteiger partial charge in [0.05, 0.1) is 24.8 Å². The van der Waals surface area contributed by atoms with E-state index in [0.717, 1.165) is 43.4 Å². The molecule has 2 aromatic carbocycles. The lowest BCUT2D eigenvalue weighted by Gasteiger charge is -2.38. The molecule has 1 fully saturated rings. The summed E-state index contributed by atoms with van der Waals surface area (Å²) >= 11 is 0. The van der Waals surface area contributed by atoms with Crippen molar-refractivity contribution in [2.24, 2.45) is 0 Å². The predicted molar refractivity (Wildman–Crippen MR) is 134 cm³/mol. The average molecular weight is 498 g/mol. The Labute approximate surface area is 206 Å². The number of esters is 1. The summed E-state index contributed by atoms with van der Waals surface area (Å²) in [6.07, 6.45) is 3.07. The first kappa shape index (κ1) is 25.2. The van der Waals surface area contributed by atoms with Crippen molar-refractivity contribution in [3.8, 4) is 0 Å². The number of ether oxygens (including phenoxy) is 2. The lowest BCUT2D eigenvalue weighted by atomic mass is 10.0. The Morgan fingerprint density at radius 1 is 1.06 bits per heavy atom. The standard InChI is InChI=1S/C26H31N3O5S/c1-33-18-17-29(35(31,32)24-7-3-5-21-6-4-14-27-25(21)24)23-12-15-28(16-13-23)19-20-8-10-22(11-9-20)26(30)34-2/h3-11,14,23H,12-13,15-19H2,1-2H3. The van der Waals surface area contributed by atoms with E-state index < -0.39 is 10.0 Å². The molecule has 0 atom stereocenters. The van der Waals surface area contributed by atoms with E-state index in [4.69, 9.17) is 9.47 Å². The Morgan fingerprint density at radius 3 is 2.46 bits per heavy atom. The molecule has 3 aromatic rings. The van der Waals surface area contributed by atoms with Crippen LogP contribution in [0.15, 0.2) is 65.7 Å². The van der Waals surface area contributed by atoms with Crippen LogP contribution in [0.2, 0.25) is 0 Å². The number of methoxy groups -OCH3 is 2. The van der Waals surface area contributed by atoms with E-state index in [2.05, 4.69) is 9.88 Å². The molecule has 0 spiro atoms. The summed E-state index contributed by atoms with van der Waals surface area (Å²) in [5, 5.41) is 0.799. The lowest BCUT2D eigenvalue weighted by Crippen LogP contribution is -2.48. The maximum Gasteiger partial charge on any atom is 0.337 e. The molecule has 0 unspecified atom stereocenters. The fraction of sp³-hybridized carbons (Fsp3) is 0.385. The van der Waals surface area contributed by atoms with Crippen molar-refractivity contribution < 1.29 is 22.7 Å². The Morgan fingerprint density at radius 2 is 1.77 bits per heavy atom. The van der Waals surface area contributed by atoms with Crippen molar-refractivity contribution in [1.29, 1.82) is 0 Å². The Hall–Kier alpha value is -2.85. The van der Waals surface area contributed by atoms with Gasteiger partial charge in [0.1, 0.15) is 4.90 Å². The first-order valence-corrected chi connectivity index (χ1v) is 13.1. The van der Waals surface area contributed by atoms with Gasteiger partial charge in [-0.25, -0.2) is 13.2 Å². The van der Waals surface area contributed by atoms with Gasteiger partial charge in [-0.3, -0.25) is 9.88 Å². The molecule has 1 aromatic heterocycles. The zero-order chi connectivity index (χ0) is 24.8. The summed E-state index contributed by atoms with van der Waals surface area (Å²) in [6, 6.07) is 16.2. The summed E-state index contributed by atoms with van der Waals surface area (Å²) in [4.78, 5) is 18.6. The van der Waals surface area contributed by atoms with E-state index in [-0.39, 0.29) is 16.9 Å². The number of sulfonamides is 1. The Balaban J connectivity index is 1.48. The van der Waals surface area contributed by atoms with Crippen LogP contribution in [0, 0.1) is 0 Å². The van der Waals surface area contributed by atoms with Gasteiger partial charge in [-0.15, -0.1) is 0 Å². The van der Waals surface area contributed by atoms with Crippen molar-refractivity contribution in [2.45, 2.75) is 30.3 Å². The summed E-state index contributed by atoms with van der Waals surface area (Å²) in [5.74, 6) is -0.351. The lowest BCUT2D eigenvalue weighted by molar-refractivity contribution is 0.0600. The van der Waals surface area contributed by atoms with Crippen LogP contribution in [0.3, 0.4) is 0 Å². The number of hydrogen-bond acceptors (Lipinski definition) is 7. The second-order valence-corrected chi connectivity index (χ2v) is 10.5. The van der Waals surface area contributed by atoms with Crippen LogP contribution in [0.25, 0.3) is 10.9 Å². The molecule has 1 aliphatic heterocycles. The second-order valence-electron chi connectivity index (χ2n) is 8.64. The number of carbonyl (C=O) groups excluding carboxylic acids is 1. The minimum absolute atomic E-state index is 0.118. The van der Waals surface area contributed by atoms with Crippen molar-refractivity contribution in [3.63, 3.8) is 0 Å². The number of rotatable bonds is 9. The molecule has 0 bridgehead atoms. The first-order chi connectivity index (χ1) is 16.9. The average Bonchev–Trinajstić information content (AvgIpc) is 2.89. The van der Waals surface area contributed by atoms with Gasteiger partial charge in [-0.05, 0) is 42.7 Å².